The number of imidazole rings is 1. The molecule has 1 aromatic heterocycles. The van der Waals surface area contributed by atoms with Crippen molar-refractivity contribution in [2.75, 3.05) is 5.32 Å². The summed E-state index contributed by atoms with van der Waals surface area (Å²) in [6.07, 6.45) is 0.553. The van der Waals surface area contributed by atoms with E-state index in [1.54, 1.807) is 24.3 Å². The minimum absolute atomic E-state index is 0.190. The molecule has 0 aliphatic carbocycles. The van der Waals surface area contributed by atoms with E-state index >= 15 is 0 Å². The van der Waals surface area contributed by atoms with Crippen molar-refractivity contribution in [3.05, 3.63) is 59.7 Å². The van der Waals surface area contributed by atoms with Gasteiger partial charge in [-0.1, -0.05) is 30.3 Å². The van der Waals surface area contributed by atoms with Gasteiger partial charge in [0.05, 0.1) is 16.6 Å². The maximum atomic E-state index is 12.3. The van der Waals surface area contributed by atoms with Crippen molar-refractivity contribution < 1.29 is 14.7 Å². The maximum absolute atomic E-state index is 12.3. The molecule has 3 aromatic rings. The summed E-state index contributed by atoms with van der Waals surface area (Å²) in [6.45, 7) is 2.69. The highest BCUT2D eigenvalue weighted by Gasteiger charge is 2.14. The van der Waals surface area contributed by atoms with Crippen molar-refractivity contribution in [3.8, 4) is 0 Å². The molecule has 6 nitrogen and oxygen atoms in total. The van der Waals surface area contributed by atoms with Gasteiger partial charge in [-0.05, 0) is 37.1 Å². The normalized spacial score (nSPS) is 10.8. The van der Waals surface area contributed by atoms with Crippen LogP contribution in [0.25, 0.3) is 11.0 Å². The molecule has 2 N–H and O–H groups in total. The molecule has 0 radical (unpaired) electrons. The lowest BCUT2D eigenvalue weighted by molar-refractivity contribution is -0.116. The molecule has 0 aliphatic rings. The van der Waals surface area contributed by atoms with E-state index in [1.165, 1.54) is 0 Å². The SMILES string of the molecule is CCn1c(NC(=O)CCc2ccccc2C(=O)O)nc2ccccc21. The average Bonchev–Trinajstić information content (AvgIpc) is 2.97. The van der Waals surface area contributed by atoms with E-state index in [2.05, 4.69) is 10.3 Å². The number of aromatic nitrogens is 2. The number of carboxylic acid groups (broad SMARTS) is 1. The van der Waals surface area contributed by atoms with Gasteiger partial charge in [-0.2, -0.15) is 0 Å². The number of aryl methyl sites for hydroxylation is 2. The molecule has 0 saturated carbocycles. The van der Waals surface area contributed by atoms with Crippen molar-refractivity contribution in [2.24, 2.45) is 0 Å². The molecule has 0 aliphatic heterocycles. The van der Waals surface area contributed by atoms with Gasteiger partial charge >= 0.3 is 5.97 Å². The Bertz CT molecular complexity index is 931. The first-order valence-corrected chi connectivity index (χ1v) is 8.16. The molecule has 1 amide bonds. The minimum atomic E-state index is -0.983. The minimum Gasteiger partial charge on any atom is -0.478 e. The zero-order valence-corrected chi connectivity index (χ0v) is 13.9. The lowest BCUT2D eigenvalue weighted by Gasteiger charge is -2.08. The highest BCUT2D eigenvalue weighted by molar-refractivity contribution is 5.92. The first-order chi connectivity index (χ1) is 12.1. The summed E-state index contributed by atoms with van der Waals surface area (Å²) in [5, 5.41) is 12.0. The van der Waals surface area contributed by atoms with E-state index in [1.807, 2.05) is 35.8 Å². The lowest BCUT2D eigenvalue weighted by atomic mass is 10.0. The van der Waals surface area contributed by atoms with Crippen LogP contribution in [0.5, 0.6) is 0 Å². The third-order valence-electron chi connectivity index (χ3n) is 4.09. The maximum Gasteiger partial charge on any atom is 0.335 e. The third kappa shape index (κ3) is 3.52. The summed E-state index contributed by atoms with van der Waals surface area (Å²) in [6, 6.07) is 14.4. The van der Waals surface area contributed by atoms with E-state index in [0.29, 0.717) is 24.5 Å². The zero-order valence-electron chi connectivity index (χ0n) is 13.9. The van der Waals surface area contributed by atoms with Gasteiger partial charge in [-0.3, -0.25) is 10.1 Å². The molecule has 0 atom stereocenters. The van der Waals surface area contributed by atoms with Crippen LogP contribution in [-0.2, 0) is 17.8 Å². The van der Waals surface area contributed by atoms with Crippen LogP contribution >= 0.6 is 0 Å². The van der Waals surface area contributed by atoms with Crippen LogP contribution in [0, 0.1) is 0 Å². The monoisotopic (exact) mass is 337 g/mol. The number of nitrogens with one attached hydrogen (secondary N) is 1. The molecule has 6 heteroatoms. The Labute approximate surface area is 145 Å². The number of hydrogen-bond acceptors (Lipinski definition) is 3. The number of carboxylic acids is 1. The molecule has 3 rings (SSSR count). The molecule has 0 fully saturated rings. The molecule has 0 bridgehead atoms. The van der Waals surface area contributed by atoms with Gasteiger partial charge in [-0.15, -0.1) is 0 Å². The summed E-state index contributed by atoms with van der Waals surface area (Å²) < 4.78 is 1.94. The van der Waals surface area contributed by atoms with Crippen molar-refractivity contribution in [1.82, 2.24) is 9.55 Å². The quantitative estimate of drug-likeness (QED) is 0.722. The van der Waals surface area contributed by atoms with Crippen LogP contribution in [0.3, 0.4) is 0 Å². The Morgan fingerprint density at radius 1 is 1.12 bits per heavy atom. The van der Waals surface area contributed by atoms with Crippen LogP contribution < -0.4 is 5.32 Å². The summed E-state index contributed by atoms with van der Waals surface area (Å²) in [5.41, 5.74) is 2.68. The van der Waals surface area contributed by atoms with Crippen LogP contribution in [0.1, 0.15) is 29.3 Å². The lowest BCUT2D eigenvalue weighted by Crippen LogP contribution is -2.16. The highest BCUT2D eigenvalue weighted by atomic mass is 16.4. The first-order valence-electron chi connectivity index (χ1n) is 8.16. The largest absolute Gasteiger partial charge is 0.478 e. The third-order valence-corrected chi connectivity index (χ3v) is 4.09. The molecule has 128 valence electrons. The number of benzene rings is 2. The van der Waals surface area contributed by atoms with Crippen LogP contribution in [0.2, 0.25) is 0 Å². The second-order valence-electron chi connectivity index (χ2n) is 5.68. The Morgan fingerprint density at radius 2 is 1.84 bits per heavy atom. The summed E-state index contributed by atoms with van der Waals surface area (Å²) in [5.74, 6) is -0.658. The first kappa shape index (κ1) is 16.7. The van der Waals surface area contributed by atoms with Crippen LogP contribution in [0.4, 0.5) is 5.95 Å². The second kappa shape index (κ2) is 7.17. The summed E-state index contributed by atoms with van der Waals surface area (Å²) in [4.78, 5) is 28.0. The number of carbonyl (C=O) groups excluding carboxylic acids is 1. The average molecular weight is 337 g/mol. The van der Waals surface area contributed by atoms with Gasteiger partial charge in [0.25, 0.3) is 0 Å². The second-order valence-corrected chi connectivity index (χ2v) is 5.68. The Hall–Kier alpha value is -3.15. The van der Waals surface area contributed by atoms with Crippen LogP contribution in [0.15, 0.2) is 48.5 Å². The number of aromatic carboxylic acids is 1. The molecule has 25 heavy (non-hydrogen) atoms. The van der Waals surface area contributed by atoms with Crippen molar-refractivity contribution in [2.45, 2.75) is 26.3 Å². The van der Waals surface area contributed by atoms with E-state index in [0.717, 1.165) is 11.0 Å². The molecule has 0 unspecified atom stereocenters. The van der Waals surface area contributed by atoms with E-state index < -0.39 is 5.97 Å². The summed E-state index contributed by atoms with van der Waals surface area (Å²) >= 11 is 0. The van der Waals surface area contributed by atoms with E-state index in [9.17, 15) is 14.7 Å². The molecular weight excluding hydrogens is 318 g/mol. The van der Waals surface area contributed by atoms with Crippen molar-refractivity contribution in [1.29, 1.82) is 0 Å². The molecule has 0 spiro atoms. The van der Waals surface area contributed by atoms with E-state index in [-0.39, 0.29) is 17.9 Å². The number of para-hydroxylation sites is 2. The number of nitrogens with zero attached hydrogens (tertiary/aromatic N) is 2. The Kier molecular flexibility index (Phi) is 4.79. The molecular formula is C19H19N3O3. The van der Waals surface area contributed by atoms with Gasteiger partial charge in [0, 0.05) is 13.0 Å². The van der Waals surface area contributed by atoms with Gasteiger partial charge in [0.2, 0.25) is 11.9 Å². The number of carbonyl (C=O) groups is 2. The zero-order chi connectivity index (χ0) is 17.8. The predicted octanol–water partition coefficient (Wildman–Crippen LogP) is 3.33. The number of anilines is 1. The fourth-order valence-corrected chi connectivity index (χ4v) is 2.87. The van der Waals surface area contributed by atoms with Gasteiger partial charge in [0.15, 0.2) is 0 Å². The Balaban J connectivity index is 1.73. The summed E-state index contributed by atoms with van der Waals surface area (Å²) in [7, 11) is 0. The fraction of sp³-hybridized carbons (Fsp3) is 0.211. The predicted molar refractivity (Wildman–Crippen MR) is 95.8 cm³/mol. The van der Waals surface area contributed by atoms with Gasteiger partial charge in [-0.25, -0.2) is 9.78 Å². The number of fused-ring (bicyclic) bond motifs is 1. The van der Waals surface area contributed by atoms with Crippen molar-refractivity contribution in [3.63, 3.8) is 0 Å². The van der Waals surface area contributed by atoms with Gasteiger partial charge in [0.1, 0.15) is 0 Å². The molecule has 2 aromatic carbocycles. The molecule has 0 saturated heterocycles. The smallest absolute Gasteiger partial charge is 0.335 e. The standard InChI is InChI=1S/C19H19N3O3/c1-2-22-16-10-6-5-9-15(16)20-19(22)21-17(23)12-11-13-7-3-4-8-14(13)18(24)25/h3-10H,2,11-12H2,1H3,(H,24,25)(H,20,21,23). The van der Waals surface area contributed by atoms with Crippen LogP contribution in [-0.4, -0.2) is 26.5 Å². The Morgan fingerprint density at radius 3 is 2.60 bits per heavy atom. The number of hydrogen-bond donors (Lipinski definition) is 2. The van der Waals surface area contributed by atoms with Crippen molar-refractivity contribution >= 4 is 28.9 Å². The topological polar surface area (TPSA) is 84.2 Å². The highest BCUT2D eigenvalue weighted by Crippen LogP contribution is 2.19. The van der Waals surface area contributed by atoms with Gasteiger partial charge < -0.3 is 9.67 Å². The molecule has 1 heterocycles. The number of amides is 1. The fourth-order valence-electron chi connectivity index (χ4n) is 2.87. The van der Waals surface area contributed by atoms with E-state index in [4.69, 9.17) is 0 Å². The number of rotatable bonds is 6.